The summed E-state index contributed by atoms with van der Waals surface area (Å²) in [6.07, 6.45) is -0.801. The van der Waals surface area contributed by atoms with E-state index in [1.54, 1.807) is 18.2 Å². The number of alkyl halides is 2. The van der Waals surface area contributed by atoms with Crippen LogP contribution in [0.4, 0.5) is 8.78 Å². The summed E-state index contributed by atoms with van der Waals surface area (Å²) in [5, 5.41) is 0.369. The lowest BCUT2D eigenvalue weighted by atomic mass is 10.0. The van der Waals surface area contributed by atoms with Crippen LogP contribution in [0.3, 0.4) is 0 Å². The number of methoxy groups -OCH3 is 2. The summed E-state index contributed by atoms with van der Waals surface area (Å²) < 4.78 is 65.0. The average molecular weight is 488 g/mol. The molecule has 0 bridgehead atoms. The van der Waals surface area contributed by atoms with E-state index in [1.807, 2.05) is 0 Å². The van der Waals surface area contributed by atoms with Gasteiger partial charge in [-0.2, -0.15) is 0 Å². The maximum absolute atomic E-state index is 14.5. The number of ether oxygens (including phenoxy) is 2. The van der Waals surface area contributed by atoms with Crippen molar-refractivity contribution in [2.75, 3.05) is 26.5 Å². The molecule has 1 fully saturated rings. The highest BCUT2D eigenvalue weighted by atomic mass is 35.5. The Hall–Kier alpha value is -2.39. The second kappa shape index (κ2) is 9.62. The van der Waals surface area contributed by atoms with E-state index >= 15 is 0 Å². The quantitative estimate of drug-likeness (QED) is 0.585. The van der Waals surface area contributed by atoms with Crippen molar-refractivity contribution in [2.24, 2.45) is 5.92 Å². The van der Waals surface area contributed by atoms with Crippen LogP contribution in [0, 0.1) is 5.92 Å². The molecule has 3 rings (SSSR count). The minimum absolute atomic E-state index is 0.00548. The fourth-order valence-electron chi connectivity index (χ4n) is 3.68. The minimum Gasteiger partial charge on any atom is -0.497 e. The molecule has 1 heterocycles. The highest BCUT2D eigenvalue weighted by Gasteiger charge is 2.42. The van der Waals surface area contributed by atoms with E-state index in [4.69, 9.17) is 21.1 Å². The Labute approximate surface area is 191 Å². The molecule has 2 aromatic rings. The van der Waals surface area contributed by atoms with Crippen molar-refractivity contribution < 1.29 is 31.5 Å². The summed E-state index contributed by atoms with van der Waals surface area (Å²) in [6, 6.07) is 10.4. The molecule has 6 nitrogen and oxygen atoms in total. The standard InChI is InChI=1S/C22H24ClF2NO5S/c1-30-18-6-3-15(20(11-18)31-2)12-26-14-22(24,25)10-9-16(21(26)27)13-32(28,29)19-7-4-17(23)5-8-19/h3-8,11,16H,9-10,12-14H2,1-2H3/t16-/m0/s1. The Morgan fingerprint density at radius 3 is 2.44 bits per heavy atom. The zero-order valence-electron chi connectivity index (χ0n) is 17.7. The van der Waals surface area contributed by atoms with Crippen LogP contribution in [-0.4, -0.2) is 51.7 Å². The molecule has 0 spiro atoms. The van der Waals surface area contributed by atoms with Crippen molar-refractivity contribution in [3.63, 3.8) is 0 Å². The molecule has 1 amide bonds. The van der Waals surface area contributed by atoms with Crippen LogP contribution in [0.2, 0.25) is 5.02 Å². The average Bonchev–Trinajstić information content (AvgIpc) is 2.85. The molecule has 1 saturated heterocycles. The number of rotatable bonds is 7. The number of hydrogen-bond donors (Lipinski definition) is 0. The minimum atomic E-state index is -3.87. The van der Waals surface area contributed by atoms with E-state index in [-0.39, 0.29) is 17.9 Å². The molecule has 2 aromatic carbocycles. The van der Waals surface area contributed by atoms with Crippen molar-refractivity contribution in [3.8, 4) is 11.5 Å². The summed E-state index contributed by atoms with van der Waals surface area (Å²) in [5.41, 5.74) is 0.513. The van der Waals surface area contributed by atoms with Crippen molar-refractivity contribution in [1.29, 1.82) is 0 Å². The topological polar surface area (TPSA) is 72.9 Å². The number of benzene rings is 2. The third kappa shape index (κ3) is 5.69. The predicted molar refractivity (Wildman–Crippen MR) is 116 cm³/mol. The summed E-state index contributed by atoms with van der Waals surface area (Å²) >= 11 is 5.81. The van der Waals surface area contributed by atoms with Crippen LogP contribution in [0.5, 0.6) is 11.5 Å². The largest absolute Gasteiger partial charge is 0.497 e. The van der Waals surface area contributed by atoms with Gasteiger partial charge in [0.15, 0.2) is 9.84 Å². The number of halogens is 3. The first-order valence-electron chi connectivity index (χ1n) is 9.90. The van der Waals surface area contributed by atoms with E-state index in [1.165, 1.54) is 38.5 Å². The van der Waals surface area contributed by atoms with Crippen molar-refractivity contribution in [2.45, 2.75) is 30.2 Å². The van der Waals surface area contributed by atoms with Gasteiger partial charge < -0.3 is 14.4 Å². The lowest BCUT2D eigenvalue weighted by Gasteiger charge is -2.27. The zero-order valence-corrected chi connectivity index (χ0v) is 19.3. The SMILES string of the molecule is COc1ccc(CN2CC(F)(F)CC[C@@H](CS(=O)(=O)c3ccc(Cl)cc3)C2=O)c(OC)c1. The number of likely N-dealkylation sites (tertiary alicyclic amines) is 1. The van der Waals surface area contributed by atoms with Crippen LogP contribution < -0.4 is 9.47 Å². The molecule has 1 aliphatic heterocycles. The Morgan fingerprint density at radius 2 is 1.81 bits per heavy atom. The van der Waals surface area contributed by atoms with Gasteiger partial charge in [-0.05, 0) is 42.8 Å². The summed E-state index contributed by atoms with van der Waals surface area (Å²) in [4.78, 5) is 14.2. The first-order chi connectivity index (χ1) is 15.0. The highest BCUT2D eigenvalue weighted by Crippen LogP contribution is 2.34. The fraction of sp³-hybridized carbons (Fsp3) is 0.409. The third-order valence-electron chi connectivity index (χ3n) is 5.39. The van der Waals surface area contributed by atoms with Crippen molar-refractivity contribution in [1.82, 2.24) is 4.90 Å². The van der Waals surface area contributed by atoms with E-state index in [2.05, 4.69) is 0 Å². The van der Waals surface area contributed by atoms with Gasteiger partial charge in [-0.3, -0.25) is 4.79 Å². The maximum Gasteiger partial charge on any atom is 0.265 e. The van der Waals surface area contributed by atoms with Gasteiger partial charge in [0, 0.05) is 29.6 Å². The van der Waals surface area contributed by atoms with Gasteiger partial charge in [0.05, 0.1) is 37.3 Å². The number of carbonyl (C=O) groups is 1. The number of nitrogens with zero attached hydrogens (tertiary/aromatic N) is 1. The monoisotopic (exact) mass is 487 g/mol. The molecule has 0 aliphatic carbocycles. The number of carbonyl (C=O) groups excluding carboxylic acids is 1. The lowest BCUT2D eigenvalue weighted by Crippen LogP contribution is -2.41. The van der Waals surface area contributed by atoms with Crippen molar-refractivity contribution >= 4 is 27.3 Å². The van der Waals surface area contributed by atoms with E-state index in [9.17, 15) is 22.0 Å². The Kier molecular flexibility index (Phi) is 7.29. The molecule has 1 aliphatic rings. The lowest BCUT2D eigenvalue weighted by molar-refractivity contribution is -0.137. The first-order valence-corrected chi connectivity index (χ1v) is 11.9. The Balaban J connectivity index is 1.87. The zero-order chi connectivity index (χ0) is 23.5. The molecule has 0 radical (unpaired) electrons. The van der Waals surface area contributed by atoms with Crippen LogP contribution in [-0.2, 0) is 21.2 Å². The van der Waals surface area contributed by atoms with E-state index < -0.39 is 46.3 Å². The van der Waals surface area contributed by atoms with Gasteiger partial charge in [0.25, 0.3) is 5.92 Å². The van der Waals surface area contributed by atoms with E-state index in [0.29, 0.717) is 22.1 Å². The molecule has 0 N–H and O–H groups in total. The molecule has 0 saturated carbocycles. The molecule has 1 atom stereocenters. The van der Waals surface area contributed by atoms with Crippen LogP contribution >= 0.6 is 11.6 Å². The van der Waals surface area contributed by atoms with Crippen molar-refractivity contribution in [3.05, 3.63) is 53.1 Å². The van der Waals surface area contributed by atoms with Crippen LogP contribution in [0.25, 0.3) is 0 Å². The summed E-state index contributed by atoms with van der Waals surface area (Å²) in [5.74, 6) is -4.50. The van der Waals surface area contributed by atoms with Gasteiger partial charge in [-0.15, -0.1) is 0 Å². The van der Waals surface area contributed by atoms with Gasteiger partial charge in [0.2, 0.25) is 5.91 Å². The maximum atomic E-state index is 14.5. The van der Waals surface area contributed by atoms with E-state index in [0.717, 1.165) is 4.90 Å². The predicted octanol–water partition coefficient (Wildman–Crippen LogP) is 4.21. The summed E-state index contributed by atoms with van der Waals surface area (Å²) in [6.45, 7) is -0.933. The molecular formula is C22H24ClF2NO5S. The molecule has 10 heteroatoms. The molecule has 0 unspecified atom stereocenters. The smallest absolute Gasteiger partial charge is 0.265 e. The Morgan fingerprint density at radius 1 is 1.12 bits per heavy atom. The van der Waals surface area contributed by atoms with Gasteiger partial charge in [-0.25, -0.2) is 17.2 Å². The van der Waals surface area contributed by atoms with Gasteiger partial charge >= 0.3 is 0 Å². The third-order valence-corrected chi connectivity index (χ3v) is 7.47. The number of amides is 1. The molecular weight excluding hydrogens is 464 g/mol. The van der Waals surface area contributed by atoms with Crippen LogP contribution in [0.15, 0.2) is 47.4 Å². The molecule has 32 heavy (non-hydrogen) atoms. The second-order valence-electron chi connectivity index (χ2n) is 7.70. The van der Waals surface area contributed by atoms with Crippen LogP contribution in [0.1, 0.15) is 18.4 Å². The molecule has 0 aromatic heterocycles. The Bertz CT molecular complexity index is 1080. The molecule has 174 valence electrons. The summed E-state index contributed by atoms with van der Waals surface area (Å²) in [7, 11) is -0.959. The van der Waals surface area contributed by atoms with Gasteiger partial charge in [-0.1, -0.05) is 11.6 Å². The number of sulfone groups is 1. The number of hydrogen-bond acceptors (Lipinski definition) is 5. The van der Waals surface area contributed by atoms with Gasteiger partial charge in [0.1, 0.15) is 11.5 Å². The second-order valence-corrected chi connectivity index (χ2v) is 10.2. The highest BCUT2D eigenvalue weighted by molar-refractivity contribution is 7.91. The normalized spacial score (nSPS) is 18.8. The fourth-order valence-corrected chi connectivity index (χ4v) is 5.39. The first kappa shape index (κ1) is 24.3.